The molecule has 0 atom stereocenters. The zero-order chi connectivity index (χ0) is 10.6. The van der Waals surface area contributed by atoms with E-state index < -0.39 is 10.9 Å². The maximum absolute atomic E-state index is 10.4. The van der Waals surface area contributed by atoms with Crippen molar-refractivity contribution >= 4 is 17.7 Å². The van der Waals surface area contributed by atoms with Crippen LogP contribution in [0.3, 0.4) is 0 Å². The number of aliphatic carboxylic acids is 1. The molecule has 0 radical (unpaired) electrons. The summed E-state index contributed by atoms with van der Waals surface area (Å²) < 4.78 is 0. The number of rotatable bonds is 3. The summed E-state index contributed by atoms with van der Waals surface area (Å²) in [6.45, 7) is 0. The van der Waals surface area contributed by atoms with Crippen LogP contribution in [0.2, 0.25) is 0 Å². The Balaban J connectivity index is 0. The first-order valence-electron chi connectivity index (χ1n) is 3.75. The van der Waals surface area contributed by atoms with Gasteiger partial charge in [0.05, 0.1) is 4.92 Å². The molecule has 0 amide bonds. The molecule has 0 heterocycles. The van der Waals surface area contributed by atoms with Crippen molar-refractivity contribution in [1.29, 1.82) is 0 Å². The molecule has 1 aromatic rings. The average Bonchev–Trinajstić information content (AvgIpc) is 2.15. The van der Waals surface area contributed by atoms with E-state index in [4.69, 9.17) is 5.11 Å². The van der Waals surface area contributed by atoms with Gasteiger partial charge in [0.2, 0.25) is 0 Å². The van der Waals surface area contributed by atoms with E-state index in [0.717, 1.165) is 6.08 Å². The first kappa shape index (κ1) is 13.8. The van der Waals surface area contributed by atoms with Crippen LogP contribution in [0.1, 0.15) is 6.99 Å². The summed E-state index contributed by atoms with van der Waals surface area (Å²) >= 11 is 0. The fourth-order valence-corrected chi connectivity index (χ4v) is 0.910. The van der Waals surface area contributed by atoms with E-state index in [-0.39, 0.29) is 36.7 Å². The quantitative estimate of drug-likeness (QED) is 0.299. The van der Waals surface area contributed by atoms with Crippen LogP contribution < -0.4 is 29.6 Å². The Bertz CT molecular complexity index is 408. The zero-order valence-corrected chi connectivity index (χ0v) is 10.1. The van der Waals surface area contributed by atoms with E-state index in [0.29, 0.717) is 5.56 Å². The van der Waals surface area contributed by atoms with Crippen molar-refractivity contribution in [2.24, 2.45) is 0 Å². The van der Waals surface area contributed by atoms with Crippen molar-refractivity contribution in [3.05, 3.63) is 46.0 Å². The van der Waals surface area contributed by atoms with Gasteiger partial charge in [-0.05, 0) is 11.6 Å². The van der Waals surface area contributed by atoms with E-state index in [1.807, 2.05) is 0 Å². The predicted molar refractivity (Wildman–Crippen MR) is 50.9 cm³/mol. The molecule has 0 aromatic heterocycles. The van der Waals surface area contributed by atoms with Gasteiger partial charge >= 0.3 is 35.5 Å². The Hall–Kier alpha value is -1.17. The van der Waals surface area contributed by atoms with Gasteiger partial charge in [-0.1, -0.05) is 12.1 Å². The second kappa shape index (κ2) is 6.34. The molecule has 0 bridgehead atoms. The van der Waals surface area contributed by atoms with Gasteiger partial charge in [-0.3, -0.25) is 10.1 Å². The number of nitro groups is 1. The minimum atomic E-state index is -1.09. The molecular formula is C9H8NNaO4. The summed E-state index contributed by atoms with van der Waals surface area (Å²) in [5, 5.41) is 18.7. The molecule has 6 heteroatoms. The summed E-state index contributed by atoms with van der Waals surface area (Å²) in [6, 6.07) is 5.74. The van der Waals surface area contributed by atoms with E-state index in [1.165, 1.54) is 24.3 Å². The van der Waals surface area contributed by atoms with Crippen LogP contribution in [0.25, 0.3) is 6.08 Å². The van der Waals surface area contributed by atoms with Crippen molar-refractivity contribution in [3.8, 4) is 0 Å². The molecule has 0 aliphatic heterocycles. The van der Waals surface area contributed by atoms with E-state index in [2.05, 4.69) is 0 Å². The normalized spacial score (nSPS) is 9.60. The standard InChI is InChI=1S/C9H7NO4.Na.H/c11-9(12)5-4-7-2-1-3-8(6-7)10(13)14;;/h1-6H,(H,11,12);;/q;+1;-1. The summed E-state index contributed by atoms with van der Waals surface area (Å²) in [4.78, 5) is 20.0. The van der Waals surface area contributed by atoms with Crippen molar-refractivity contribution in [2.45, 2.75) is 0 Å². The summed E-state index contributed by atoms with van der Waals surface area (Å²) in [6.07, 6.45) is 2.23. The van der Waals surface area contributed by atoms with Crippen LogP contribution >= 0.6 is 0 Å². The zero-order valence-electron chi connectivity index (χ0n) is 9.08. The molecule has 1 rings (SSSR count). The SMILES string of the molecule is O=C(O)C=Cc1cccc([N+](=O)[O-])c1.[H-].[Na+]. The first-order valence-corrected chi connectivity index (χ1v) is 3.75. The number of carboxylic acids is 1. The Morgan fingerprint density at radius 3 is 2.73 bits per heavy atom. The minimum absolute atomic E-state index is 0. The maximum Gasteiger partial charge on any atom is 1.00 e. The van der Waals surface area contributed by atoms with Crippen LogP contribution in [0, 0.1) is 10.1 Å². The number of nitrogens with zero attached hydrogens (tertiary/aromatic N) is 1. The van der Waals surface area contributed by atoms with Crippen molar-refractivity contribution < 1.29 is 45.8 Å². The molecule has 0 fully saturated rings. The number of carboxylic acid groups (broad SMARTS) is 1. The third-order valence-electron chi connectivity index (χ3n) is 1.50. The topological polar surface area (TPSA) is 80.4 Å². The first-order chi connectivity index (χ1) is 6.59. The largest absolute Gasteiger partial charge is 1.00 e. The van der Waals surface area contributed by atoms with Crippen molar-refractivity contribution in [3.63, 3.8) is 0 Å². The molecule has 0 saturated heterocycles. The van der Waals surface area contributed by atoms with E-state index >= 15 is 0 Å². The molecule has 0 saturated carbocycles. The number of benzene rings is 1. The van der Waals surface area contributed by atoms with Crippen molar-refractivity contribution in [1.82, 2.24) is 0 Å². The Kier molecular flexibility index (Phi) is 5.84. The smallest absolute Gasteiger partial charge is 1.00 e. The van der Waals surface area contributed by atoms with Crippen LogP contribution in [-0.2, 0) is 4.79 Å². The summed E-state index contributed by atoms with van der Waals surface area (Å²) in [5.74, 6) is -1.09. The number of nitro benzene ring substituents is 1. The number of hydrogen-bond donors (Lipinski definition) is 1. The van der Waals surface area contributed by atoms with Crippen LogP contribution in [0.4, 0.5) is 5.69 Å². The molecule has 0 aliphatic carbocycles. The Labute approximate surface area is 109 Å². The molecular weight excluding hydrogens is 209 g/mol. The molecule has 1 N–H and O–H groups in total. The van der Waals surface area contributed by atoms with Gasteiger partial charge in [0.15, 0.2) is 0 Å². The number of carbonyl (C=O) groups is 1. The summed E-state index contributed by atoms with van der Waals surface area (Å²) in [5.41, 5.74) is 0.430. The fraction of sp³-hybridized carbons (Fsp3) is 0. The predicted octanol–water partition coefficient (Wildman–Crippen LogP) is -1.19. The van der Waals surface area contributed by atoms with Gasteiger partial charge in [0.1, 0.15) is 0 Å². The fourth-order valence-electron chi connectivity index (χ4n) is 0.910. The molecule has 74 valence electrons. The number of hydrogen-bond acceptors (Lipinski definition) is 3. The summed E-state index contributed by atoms with van der Waals surface area (Å²) in [7, 11) is 0. The number of non-ortho nitro benzene ring substituents is 1. The van der Waals surface area contributed by atoms with Crippen LogP contribution in [0.5, 0.6) is 0 Å². The third kappa shape index (κ3) is 4.73. The minimum Gasteiger partial charge on any atom is -1.00 e. The van der Waals surface area contributed by atoms with Gasteiger partial charge < -0.3 is 6.53 Å². The average molecular weight is 217 g/mol. The second-order valence-electron chi connectivity index (χ2n) is 2.52. The Morgan fingerprint density at radius 1 is 1.53 bits per heavy atom. The van der Waals surface area contributed by atoms with E-state index in [9.17, 15) is 14.9 Å². The van der Waals surface area contributed by atoms with Crippen LogP contribution in [-0.4, -0.2) is 16.0 Å². The monoisotopic (exact) mass is 217 g/mol. The van der Waals surface area contributed by atoms with Gasteiger partial charge in [-0.25, -0.2) is 4.79 Å². The third-order valence-corrected chi connectivity index (χ3v) is 1.50. The molecule has 0 unspecified atom stereocenters. The molecule has 0 aliphatic rings. The second-order valence-corrected chi connectivity index (χ2v) is 2.52. The molecule has 0 spiro atoms. The van der Waals surface area contributed by atoms with Gasteiger partial charge in [0, 0.05) is 18.2 Å². The van der Waals surface area contributed by atoms with Gasteiger partial charge in [0.25, 0.3) is 5.69 Å². The maximum atomic E-state index is 10.4. The molecule has 5 nitrogen and oxygen atoms in total. The molecule has 15 heavy (non-hydrogen) atoms. The Morgan fingerprint density at radius 2 is 2.20 bits per heavy atom. The van der Waals surface area contributed by atoms with Crippen molar-refractivity contribution in [2.75, 3.05) is 0 Å². The van der Waals surface area contributed by atoms with E-state index in [1.54, 1.807) is 6.07 Å². The van der Waals surface area contributed by atoms with Crippen LogP contribution in [0.15, 0.2) is 30.3 Å². The molecule has 1 aromatic carbocycles. The van der Waals surface area contributed by atoms with Gasteiger partial charge in [-0.15, -0.1) is 0 Å². The van der Waals surface area contributed by atoms with Gasteiger partial charge in [-0.2, -0.15) is 0 Å².